The minimum Gasteiger partial charge on any atom is -0.482 e. The van der Waals surface area contributed by atoms with Crippen LogP contribution < -0.4 is 10.1 Å². The Morgan fingerprint density at radius 3 is 2.70 bits per heavy atom. The van der Waals surface area contributed by atoms with Gasteiger partial charge in [-0.05, 0) is 18.6 Å². The van der Waals surface area contributed by atoms with Crippen LogP contribution in [0.4, 0.5) is 0 Å². The fourth-order valence-electron chi connectivity index (χ4n) is 1.65. The number of benzene rings is 1. The molecule has 0 heterocycles. The van der Waals surface area contributed by atoms with Crippen molar-refractivity contribution in [1.29, 1.82) is 0 Å². The standard InChI is InChI=1S/C14H18ClNO4/c1-2-5-10(14(18)19)8-16-13(17)9-20-12-7-4-3-6-11(12)15/h3-4,6-7,10H,2,5,8-9H2,1H3,(H,16,17)(H,18,19). The van der Waals surface area contributed by atoms with Crippen LogP contribution in [0.1, 0.15) is 19.8 Å². The highest BCUT2D eigenvalue weighted by molar-refractivity contribution is 6.32. The quantitative estimate of drug-likeness (QED) is 0.772. The van der Waals surface area contributed by atoms with Gasteiger partial charge < -0.3 is 15.2 Å². The van der Waals surface area contributed by atoms with Crippen molar-refractivity contribution in [1.82, 2.24) is 5.32 Å². The molecule has 0 aliphatic heterocycles. The number of nitrogens with one attached hydrogen (secondary N) is 1. The van der Waals surface area contributed by atoms with E-state index < -0.39 is 11.9 Å². The molecule has 6 heteroatoms. The van der Waals surface area contributed by atoms with Crippen molar-refractivity contribution in [2.75, 3.05) is 13.2 Å². The molecular weight excluding hydrogens is 282 g/mol. The number of halogens is 1. The van der Waals surface area contributed by atoms with Crippen molar-refractivity contribution in [3.05, 3.63) is 29.3 Å². The second-order valence-corrected chi connectivity index (χ2v) is 4.75. The Morgan fingerprint density at radius 2 is 2.10 bits per heavy atom. The average Bonchev–Trinajstić information content (AvgIpc) is 2.42. The maximum absolute atomic E-state index is 11.6. The number of ether oxygens (including phenoxy) is 1. The summed E-state index contributed by atoms with van der Waals surface area (Å²) in [7, 11) is 0. The molecule has 0 bridgehead atoms. The molecular formula is C14H18ClNO4. The zero-order valence-corrected chi connectivity index (χ0v) is 12.0. The third kappa shape index (κ3) is 5.48. The number of amides is 1. The van der Waals surface area contributed by atoms with Gasteiger partial charge in [-0.15, -0.1) is 0 Å². The van der Waals surface area contributed by atoms with Gasteiger partial charge in [-0.1, -0.05) is 37.1 Å². The molecule has 1 amide bonds. The molecule has 1 aromatic rings. The summed E-state index contributed by atoms with van der Waals surface area (Å²) in [6, 6.07) is 6.83. The molecule has 0 aromatic heterocycles. The van der Waals surface area contributed by atoms with Crippen molar-refractivity contribution in [3.63, 3.8) is 0 Å². The Balaban J connectivity index is 2.37. The minimum absolute atomic E-state index is 0.105. The first kappa shape index (κ1) is 16.3. The Labute approximate surface area is 122 Å². The first-order valence-corrected chi connectivity index (χ1v) is 6.79. The van der Waals surface area contributed by atoms with E-state index in [1.165, 1.54) is 0 Å². The van der Waals surface area contributed by atoms with E-state index in [0.29, 0.717) is 17.2 Å². The zero-order valence-electron chi connectivity index (χ0n) is 11.3. The highest BCUT2D eigenvalue weighted by Crippen LogP contribution is 2.22. The fourth-order valence-corrected chi connectivity index (χ4v) is 1.84. The topological polar surface area (TPSA) is 75.6 Å². The number of rotatable bonds is 8. The number of carbonyl (C=O) groups excluding carboxylic acids is 1. The van der Waals surface area contributed by atoms with Gasteiger partial charge in [0.25, 0.3) is 5.91 Å². The molecule has 20 heavy (non-hydrogen) atoms. The summed E-state index contributed by atoms with van der Waals surface area (Å²) >= 11 is 5.88. The predicted molar refractivity (Wildman–Crippen MR) is 76.0 cm³/mol. The second kappa shape index (κ2) is 8.43. The van der Waals surface area contributed by atoms with Gasteiger partial charge in [-0.3, -0.25) is 9.59 Å². The molecule has 1 atom stereocenters. The molecule has 1 unspecified atom stereocenters. The van der Waals surface area contributed by atoms with E-state index in [4.69, 9.17) is 21.4 Å². The number of carboxylic acids is 1. The summed E-state index contributed by atoms with van der Waals surface area (Å²) in [4.78, 5) is 22.5. The first-order valence-electron chi connectivity index (χ1n) is 6.41. The maximum atomic E-state index is 11.6. The molecule has 0 saturated carbocycles. The summed E-state index contributed by atoms with van der Waals surface area (Å²) in [6.07, 6.45) is 1.28. The van der Waals surface area contributed by atoms with Crippen molar-refractivity contribution in [3.8, 4) is 5.75 Å². The minimum atomic E-state index is -0.904. The van der Waals surface area contributed by atoms with E-state index in [9.17, 15) is 9.59 Å². The summed E-state index contributed by atoms with van der Waals surface area (Å²) in [5.74, 6) is -1.41. The number of carbonyl (C=O) groups is 2. The molecule has 5 nitrogen and oxygen atoms in total. The van der Waals surface area contributed by atoms with E-state index >= 15 is 0 Å². The lowest BCUT2D eigenvalue weighted by Crippen LogP contribution is -2.35. The van der Waals surface area contributed by atoms with Gasteiger partial charge in [-0.25, -0.2) is 0 Å². The lowest BCUT2D eigenvalue weighted by Gasteiger charge is -2.13. The van der Waals surface area contributed by atoms with Crippen LogP contribution in [0.15, 0.2) is 24.3 Å². The van der Waals surface area contributed by atoms with Crippen molar-refractivity contribution in [2.24, 2.45) is 5.92 Å². The summed E-state index contributed by atoms with van der Waals surface area (Å²) < 4.78 is 5.26. The SMILES string of the molecule is CCCC(CNC(=O)COc1ccccc1Cl)C(=O)O. The van der Waals surface area contributed by atoms with Crippen LogP contribution in [-0.2, 0) is 9.59 Å². The van der Waals surface area contributed by atoms with E-state index in [1.807, 2.05) is 6.92 Å². The fraction of sp³-hybridized carbons (Fsp3) is 0.429. The highest BCUT2D eigenvalue weighted by Gasteiger charge is 2.17. The lowest BCUT2D eigenvalue weighted by molar-refractivity contribution is -0.142. The molecule has 0 saturated heterocycles. The summed E-state index contributed by atoms with van der Waals surface area (Å²) in [6.45, 7) is 1.81. The monoisotopic (exact) mass is 299 g/mol. The van der Waals surface area contributed by atoms with Gasteiger partial charge in [0.1, 0.15) is 5.75 Å². The third-order valence-corrected chi connectivity index (χ3v) is 3.04. The van der Waals surface area contributed by atoms with Crippen LogP contribution in [0.5, 0.6) is 5.75 Å². The number of carboxylic acid groups (broad SMARTS) is 1. The predicted octanol–water partition coefficient (Wildman–Crippen LogP) is 2.34. The zero-order chi connectivity index (χ0) is 15.0. The molecule has 110 valence electrons. The largest absolute Gasteiger partial charge is 0.482 e. The van der Waals surface area contributed by atoms with Crippen LogP contribution in [-0.4, -0.2) is 30.1 Å². The van der Waals surface area contributed by atoms with Crippen LogP contribution in [0.3, 0.4) is 0 Å². The molecule has 0 spiro atoms. The number of hydrogen-bond donors (Lipinski definition) is 2. The Morgan fingerprint density at radius 1 is 1.40 bits per heavy atom. The number of para-hydroxylation sites is 1. The molecule has 1 aromatic carbocycles. The first-order chi connectivity index (χ1) is 9.54. The van der Waals surface area contributed by atoms with Gasteiger partial charge in [0.15, 0.2) is 6.61 Å². The summed E-state index contributed by atoms with van der Waals surface area (Å²) in [5.41, 5.74) is 0. The maximum Gasteiger partial charge on any atom is 0.308 e. The van der Waals surface area contributed by atoms with Crippen molar-refractivity contribution >= 4 is 23.5 Å². The normalized spacial score (nSPS) is 11.7. The van der Waals surface area contributed by atoms with Gasteiger partial charge in [0, 0.05) is 6.54 Å². The van der Waals surface area contributed by atoms with Crippen LogP contribution >= 0.6 is 11.6 Å². The van der Waals surface area contributed by atoms with Crippen LogP contribution in [0, 0.1) is 5.92 Å². The van der Waals surface area contributed by atoms with Crippen molar-refractivity contribution < 1.29 is 19.4 Å². The smallest absolute Gasteiger partial charge is 0.308 e. The van der Waals surface area contributed by atoms with Gasteiger partial charge in [0.05, 0.1) is 10.9 Å². The van der Waals surface area contributed by atoms with Crippen molar-refractivity contribution in [2.45, 2.75) is 19.8 Å². The van der Waals surface area contributed by atoms with E-state index in [0.717, 1.165) is 6.42 Å². The Kier molecular flexibility index (Phi) is 6.87. The highest BCUT2D eigenvalue weighted by atomic mass is 35.5. The van der Waals surface area contributed by atoms with Crippen LogP contribution in [0.25, 0.3) is 0 Å². The van der Waals surface area contributed by atoms with Gasteiger partial charge in [0.2, 0.25) is 0 Å². The van der Waals surface area contributed by atoms with E-state index in [2.05, 4.69) is 5.32 Å². The Hall–Kier alpha value is -1.75. The lowest BCUT2D eigenvalue weighted by atomic mass is 10.0. The molecule has 0 aliphatic rings. The molecule has 1 rings (SSSR count). The molecule has 2 N–H and O–H groups in total. The number of aliphatic carboxylic acids is 1. The van der Waals surface area contributed by atoms with Gasteiger partial charge >= 0.3 is 5.97 Å². The number of hydrogen-bond acceptors (Lipinski definition) is 3. The average molecular weight is 300 g/mol. The van der Waals surface area contributed by atoms with Crippen LogP contribution in [0.2, 0.25) is 5.02 Å². The molecule has 0 fully saturated rings. The van der Waals surface area contributed by atoms with E-state index in [1.54, 1.807) is 24.3 Å². The third-order valence-electron chi connectivity index (χ3n) is 2.73. The molecule has 0 aliphatic carbocycles. The van der Waals surface area contributed by atoms with E-state index in [-0.39, 0.29) is 19.1 Å². The molecule has 0 radical (unpaired) electrons. The van der Waals surface area contributed by atoms with Gasteiger partial charge in [-0.2, -0.15) is 0 Å². The summed E-state index contributed by atoms with van der Waals surface area (Å²) in [5, 5.41) is 11.9. The Bertz CT molecular complexity index is 464. The second-order valence-electron chi connectivity index (χ2n) is 4.35.